The molecule has 0 aliphatic rings. The fourth-order valence-corrected chi connectivity index (χ4v) is 4.90. The molecule has 0 amide bonds. The van der Waals surface area contributed by atoms with Crippen LogP contribution in [0, 0.1) is 0 Å². The third-order valence-electron chi connectivity index (χ3n) is 7.04. The Morgan fingerprint density at radius 1 is 0.606 bits per heavy atom. The van der Waals surface area contributed by atoms with Gasteiger partial charge in [0.15, 0.2) is 0 Å². The van der Waals surface area contributed by atoms with Gasteiger partial charge in [0.25, 0.3) is 5.82 Å². The van der Waals surface area contributed by atoms with Crippen molar-refractivity contribution in [3.8, 4) is 0 Å². The van der Waals surface area contributed by atoms with E-state index in [1.807, 2.05) is 0 Å². The predicted octanol–water partition coefficient (Wildman–Crippen LogP) is 9.04. The van der Waals surface area contributed by atoms with Gasteiger partial charge in [-0.05, 0) is 24.8 Å². The van der Waals surface area contributed by atoms with Crippen LogP contribution in [0.2, 0.25) is 0 Å². The van der Waals surface area contributed by atoms with E-state index < -0.39 is 0 Å². The van der Waals surface area contributed by atoms with Crippen LogP contribution < -0.4 is 4.57 Å². The minimum Gasteiger partial charge on any atom is -0.234 e. The Labute approximate surface area is 205 Å². The van der Waals surface area contributed by atoms with E-state index in [0.717, 1.165) is 6.54 Å². The van der Waals surface area contributed by atoms with Crippen LogP contribution in [0.15, 0.2) is 42.7 Å². The van der Waals surface area contributed by atoms with Crippen LogP contribution in [0.1, 0.15) is 134 Å². The molecule has 2 aromatic rings. The maximum absolute atomic E-state index is 2.53. The molecule has 0 N–H and O–H groups in total. The van der Waals surface area contributed by atoms with Crippen molar-refractivity contribution in [3.63, 3.8) is 0 Å². The second-order valence-corrected chi connectivity index (χ2v) is 10.1. The largest absolute Gasteiger partial charge is 0.256 e. The fourth-order valence-electron chi connectivity index (χ4n) is 4.90. The van der Waals surface area contributed by atoms with Crippen molar-refractivity contribution in [1.82, 2.24) is 4.57 Å². The SMILES string of the molecule is CCCCCCCCCCCCCCCCCn1cc[n+](Cc2ccccc2)c1CCCC. The van der Waals surface area contributed by atoms with E-state index in [0.29, 0.717) is 0 Å². The van der Waals surface area contributed by atoms with Gasteiger partial charge in [0.2, 0.25) is 0 Å². The Bertz CT molecular complexity index is 688. The fraction of sp³-hybridized carbons (Fsp3) is 0.710. The highest BCUT2D eigenvalue weighted by atomic mass is 15.1. The number of nitrogens with zero attached hydrogens (tertiary/aromatic N) is 2. The monoisotopic (exact) mass is 453 g/mol. The lowest BCUT2D eigenvalue weighted by Crippen LogP contribution is -2.37. The summed E-state index contributed by atoms with van der Waals surface area (Å²) in [6.07, 6.45) is 29.8. The minimum absolute atomic E-state index is 0.992. The molecule has 0 saturated carbocycles. The lowest BCUT2D eigenvalue weighted by atomic mass is 10.0. The van der Waals surface area contributed by atoms with Gasteiger partial charge in [-0.2, -0.15) is 0 Å². The number of benzene rings is 1. The summed E-state index contributed by atoms with van der Waals surface area (Å²) in [7, 11) is 0. The average Bonchev–Trinajstić information content (AvgIpc) is 3.21. The molecular weight excluding hydrogens is 400 g/mol. The van der Waals surface area contributed by atoms with Crippen molar-refractivity contribution in [2.24, 2.45) is 0 Å². The zero-order valence-electron chi connectivity index (χ0n) is 22.1. The molecule has 2 heteroatoms. The molecule has 186 valence electrons. The Morgan fingerprint density at radius 3 is 1.67 bits per heavy atom. The van der Waals surface area contributed by atoms with Crippen LogP contribution in [0.3, 0.4) is 0 Å². The lowest BCUT2D eigenvalue weighted by molar-refractivity contribution is -0.695. The second-order valence-electron chi connectivity index (χ2n) is 10.1. The molecule has 0 spiro atoms. The number of aryl methyl sites for hydroxylation is 1. The van der Waals surface area contributed by atoms with E-state index in [1.54, 1.807) is 0 Å². The van der Waals surface area contributed by atoms with Gasteiger partial charge in [0.05, 0.1) is 6.54 Å². The summed E-state index contributed by atoms with van der Waals surface area (Å²) in [5, 5.41) is 0. The van der Waals surface area contributed by atoms with Crippen molar-refractivity contribution in [3.05, 3.63) is 54.1 Å². The first-order chi connectivity index (χ1) is 16.3. The Hall–Kier alpha value is -1.57. The molecule has 0 fully saturated rings. The first-order valence-corrected chi connectivity index (χ1v) is 14.5. The number of imidazole rings is 1. The summed E-state index contributed by atoms with van der Waals surface area (Å²) in [6.45, 7) is 6.77. The number of rotatable bonds is 21. The molecule has 1 aromatic heterocycles. The smallest absolute Gasteiger partial charge is 0.234 e. The highest BCUT2D eigenvalue weighted by Crippen LogP contribution is 2.14. The van der Waals surface area contributed by atoms with Crippen molar-refractivity contribution < 1.29 is 4.57 Å². The molecule has 2 rings (SSSR count). The van der Waals surface area contributed by atoms with Crippen molar-refractivity contribution in [1.29, 1.82) is 0 Å². The molecular formula is C31H53N2+. The van der Waals surface area contributed by atoms with E-state index in [4.69, 9.17) is 0 Å². The highest BCUT2D eigenvalue weighted by Gasteiger charge is 2.16. The summed E-state index contributed by atoms with van der Waals surface area (Å²) in [5.41, 5.74) is 1.39. The molecule has 0 bridgehead atoms. The highest BCUT2D eigenvalue weighted by molar-refractivity contribution is 5.13. The van der Waals surface area contributed by atoms with Crippen LogP contribution in [0.25, 0.3) is 0 Å². The van der Waals surface area contributed by atoms with E-state index >= 15 is 0 Å². The molecule has 0 unspecified atom stereocenters. The van der Waals surface area contributed by atoms with Gasteiger partial charge in [0, 0.05) is 6.42 Å². The first-order valence-electron chi connectivity index (χ1n) is 14.5. The van der Waals surface area contributed by atoms with Gasteiger partial charge in [-0.15, -0.1) is 0 Å². The topological polar surface area (TPSA) is 8.81 Å². The molecule has 2 nitrogen and oxygen atoms in total. The number of hydrogen-bond acceptors (Lipinski definition) is 0. The summed E-state index contributed by atoms with van der Waals surface area (Å²) < 4.78 is 5.00. The third kappa shape index (κ3) is 12.5. The van der Waals surface area contributed by atoms with E-state index in [-0.39, 0.29) is 0 Å². The zero-order chi connectivity index (χ0) is 23.4. The molecule has 0 saturated heterocycles. The van der Waals surface area contributed by atoms with Gasteiger partial charge in [-0.25, -0.2) is 9.13 Å². The third-order valence-corrected chi connectivity index (χ3v) is 7.04. The van der Waals surface area contributed by atoms with Crippen LogP contribution >= 0.6 is 0 Å². The molecule has 0 aliphatic heterocycles. The summed E-state index contributed by atoms with van der Waals surface area (Å²) in [6, 6.07) is 10.9. The lowest BCUT2D eigenvalue weighted by Gasteiger charge is -2.06. The van der Waals surface area contributed by atoms with E-state index in [2.05, 4.69) is 65.7 Å². The number of hydrogen-bond donors (Lipinski definition) is 0. The summed E-state index contributed by atoms with van der Waals surface area (Å²) in [4.78, 5) is 0. The maximum Gasteiger partial charge on any atom is 0.256 e. The van der Waals surface area contributed by atoms with Crippen LogP contribution in [-0.2, 0) is 19.5 Å². The Kier molecular flexibility index (Phi) is 15.8. The van der Waals surface area contributed by atoms with Gasteiger partial charge in [0.1, 0.15) is 18.9 Å². The normalized spacial score (nSPS) is 11.3. The summed E-state index contributed by atoms with van der Waals surface area (Å²) in [5.74, 6) is 1.51. The Morgan fingerprint density at radius 2 is 1.12 bits per heavy atom. The zero-order valence-corrected chi connectivity index (χ0v) is 22.1. The van der Waals surface area contributed by atoms with E-state index in [1.165, 1.54) is 134 Å². The van der Waals surface area contributed by atoms with Crippen LogP contribution in [0.5, 0.6) is 0 Å². The molecule has 1 aromatic carbocycles. The summed E-state index contributed by atoms with van der Waals surface area (Å²) >= 11 is 0. The minimum atomic E-state index is 0.992. The number of aromatic nitrogens is 2. The standard InChI is InChI=1S/C31H53N2/c1-3-5-7-8-9-10-11-12-13-14-15-16-17-18-22-26-32-27-28-33(31(32)25-6-4-2)29-30-23-20-19-21-24-30/h19-21,23-24,27-28H,3-18,22,25-26,29H2,1-2H3/q+1. The van der Waals surface area contributed by atoms with Gasteiger partial charge < -0.3 is 0 Å². The second kappa shape index (κ2) is 18.8. The predicted molar refractivity (Wildman–Crippen MR) is 144 cm³/mol. The van der Waals surface area contributed by atoms with Crippen molar-refractivity contribution >= 4 is 0 Å². The average molecular weight is 454 g/mol. The number of unbranched alkanes of at least 4 members (excludes halogenated alkanes) is 15. The quantitative estimate of drug-likeness (QED) is 0.132. The van der Waals surface area contributed by atoms with Gasteiger partial charge in [-0.3, -0.25) is 0 Å². The maximum atomic E-state index is 2.53. The van der Waals surface area contributed by atoms with Crippen LogP contribution in [0.4, 0.5) is 0 Å². The van der Waals surface area contributed by atoms with Crippen LogP contribution in [-0.4, -0.2) is 4.57 Å². The Balaban J connectivity index is 1.54. The van der Waals surface area contributed by atoms with Crippen molar-refractivity contribution in [2.45, 2.75) is 143 Å². The van der Waals surface area contributed by atoms with Gasteiger partial charge >= 0.3 is 0 Å². The molecule has 0 atom stereocenters. The molecule has 33 heavy (non-hydrogen) atoms. The van der Waals surface area contributed by atoms with Gasteiger partial charge in [-0.1, -0.05) is 134 Å². The molecule has 1 heterocycles. The molecule has 0 radical (unpaired) electrons. The van der Waals surface area contributed by atoms with Crippen molar-refractivity contribution in [2.75, 3.05) is 0 Å². The molecule has 0 aliphatic carbocycles. The van der Waals surface area contributed by atoms with E-state index in [9.17, 15) is 0 Å². The first kappa shape index (κ1) is 27.7.